The van der Waals surface area contributed by atoms with E-state index in [0.29, 0.717) is 19.1 Å². The lowest BCUT2D eigenvalue weighted by molar-refractivity contribution is -0.133. The molecule has 6 heteroatoms. The average Bonchev–Trinajstić information content (AvgIpc) is 3.34. The lowest BCUT2D eigenvalue weighted by Crippen LogP contribution is -2.39. The molecule has 1 saturated carbocycles. The topological polar surface area (TPSA) is 45.9 Å². The number of nitrogens with zero attached hydrogens (tertiary/aromatic N) is 2. The van der Waals surface area contributed by atoms with E-state index in [4.69, 9.17) is 9.15 Å². The van der Waals surface area contributed by atoms with E-state index in [1.54, 1.807) is 6.07 Å². The SMILES string of the molecule is COc1ccc(CN(C)CC(=O)N(Cc2ccc(C)o2)C2CC2)cc1F. The monoisotopic (exact) mass is 360 g/mol. The molecule has 140 valence electrons. The van der Waals surface area contributed by atoms with Gasteiger partial charge in [-0.25, -0.2) is 4.39 Å². The number of carbonyl (C=O) groups is 1. The van der Waals surface area contributed by atoms with E-state index in [2.05, 4.69) is 0 Å². The van der Waals surface area contributed by atoms with Crippen LogP contribution in [0.5, 0.6) is 5.75 Å². The minimum atomic E-state index is -0.391. The van der Waals surface area contributed by atoms with Gasteiger partial charge in [-0.05, 0) is 56.6 Å². The Hall–Kier alpha value is -2.34. The minimum absolute atomic E-state index is 0.0676. The van der Waals surface area contributed by atoms with Crippen molar-refractivity contribution >= 4 is 5.91 Å². The molecule has 1 aromatic heterocycles. The van der Waals surface area contributed by atoms with Gasteiger partial charge in [0.05, 0.1) is 20.2 Å². The largest absolute Gasteiger partial charge is 0.494 e. The first-order chi connectivity index (χ1) is 12.5. The van der Waals surface area contributed by atoms with Crippen molar-refractivity contribution in [3.63, 3.8) is 0 Å². The number of hydrogen-bond donors (Lipinski definition) is 0. The summed E-state index contributed by atoms with van der Waals surface area (Å²) in [7, 11) is 3.30. The molecule has 26 heavy (non-hydrogen) atoms. The van der Waals surface area contributed by atoms with Gasteiger partial charge in [-0.2, -0.15) is 0 Å². The summed E-state index contributed by atoms with van der Waals surface area (Å²) in [6, 6.07) is 9.00. The molecule has 2 aromatic rings. The van der Waals surface area contributed by atoms with Crippen LogP contribution in [0.15, 0.2) is 34.7 Å². The lowest BCUT2D eigenvalue weighted by Gasteiger charge is -2.25. The number of hydrogen-bond acceptors (Lipinski definition) is 4. The van der Waals surface area contributed by atoms with Crippen molar-refractivity contribution in [3.8, 4) is 5.75 Å². The summed E-state index contributed by atoms with van der Waals surface area (Å²) in [4.78, 5) is 16.5. The second kappa shape index (κ2) is 7.91. The minimum Gasteiger partial charge on any atom is -0.494 e. The van der Waals surface area contributed by atoms with Crippen LogP contribution in [0.4, 0.5) is 4.39 Å². The molecule has 1 aliphatic carbocycles. The molecule has 1 aliphatic rings. The van der Waals surface area contributed by atoms with Crippen molar-refractivity contribution in [1.82, 2.24) is 9.80 Å². The van der Waals surface area contributed by atoms with Gasteiger partial charge >= 0.3 is 0 Å². The zero-order valence-corrected chi connectivity index (χ0v) is 15.5. The highest BCUT2D eigenvalue weighted by atomic mass is 19.1. The summed E-state index contributed by atoms with van der Waals surface area (Å²) in [5, 5.41) is 0. The van der Waals surface area contributed by atoms with Gasteiger partial charge in [0, 0.05) is 12.6 Å². The molecule has 0 N–H and O–H groups in total. The number of furan rings is 1. The summed E-state index contributed by atoms with van der Waals surface area (Å²) >= 11 is 0. The van der Waals surface area contributed by atoms with Crippen LogP contribution in [0.25, 0.3) is 0 Å². The first kappa shape index (κ1) is 18.5. The third-order valence-electron chi connectivity index (χ3n) is 4.50. The maximum Gasteiger partial charge on any atom is 0.237 e. The number of carbonyl (C=O) groups excluding carboxylic acids is 1. The highest BCUT2D eigenvalue weighted by Crippen LogP contribution is 2.29. The second-order valence-electron chi connectivity index (χ2n) is 6.91. The Balaban J connectivity index is 1.59. The summed E-state index contributed by atoms with van der Waals surface area (Å²) in [6.07, 6.45) is 2.08. The van der Waals surface area contributed by atoms with Crippen molar-refractivity contribution in [2.75, 3.05) is 20.7 Å². The van der Waals surface area contributed by atoms with Gasteiger partial charge < -0.3 is 14.1 Å². The predicted octanol–water partition coefficient (Wildman–Crippen LogP) is 3.36. The number of amides is 1. The molecule has 0 spiro atoms. The Labute approximate surface area is 153 Å². The summed E-state index contributed by atoms with van der Waals surface area (Å²) in [5.74, 6) is 1.56. The Bertz CT molecular complexity index is 770. The van der Waals surface area contributed by atoms with Crippen molar-refractivity contribution in [3.05, 3.63) is 53.2 Å². The van der Waals surface area contributed by atoms with Gasteiger partial charge in [-0.15, -0.1) is 0 Å². The Morgan fingerprint density at radius 2 is 2.04 bits per heavy atom. The highest BCUT2D eigenvalue weighted by Gasteiger charge is 2.33. The van der Waals surface area contributed by atoms with Gasteiger partial charge in [0.25, 0.3) is 0 Å². The fourth-order valence-electron chi connectivity index (χ4n) is 3.04. The number of rotatable bonds is 8. The second-order valence-corrected chi connectivity index (χ2v) is 6.91. The normalized spacial score (nSPS) is 13.9. The van der Waals surface area contributed by atoms with Gasteiger partial charge in [0.15, 0.2) is 11.6 Å². The Morgan fingerprint density at radius 1 is 1.27 bits per heavy atom. The van der Waals surface area contributed by atoms with Crippen LogP contribution in [-0.4, -0.2) is 42.5 Å². The molecule has 5 nitrogen and oxygen atoms in total. The van der Waals surface area contributed by atoms with Crippen LogP contribution in [0.2, 0.25) is 0 Å². The third-order valence-corrected chi connectivity index (χ3v) is 4.50. The molecule has 3 rings (SSSR count). The molecule has 0 unspecified atom stereocenters. The molecule has 0 aliphatic heterocycles. The first-order valence-corrected chi connectivity index (χ1v) is 8.82. The maximum absolute atomic E-state index is 13.8. The first-order valence-electron chi connectivity index (χ1n) is 8.82. The number of likely N-dealkylation sites (N-methyl/N-ethyl adjacent to an activating group) is 1. The van der Waals surface area contributed by atoms with Crippen molar-refractivity contribution in [1.29, 1.82) is 0 Å². The van der Waals surface area contributed by atoms with Gasteiger partial charge in [-0.1, -0.05) is 6.07 Å². The molecule has 0 bridgehead atoms. The summed E-state index contributed by atoms with van der Waals surface area (Å²) < 4.78 is 24.4. The third kappa shape index (κ3) is 4.64. The van der Waals surface area contributed by atoms with Crippen LogP contribution < -0.4 is 4.74 Å². The lowest BCUT2D eigenvalue weighted by atomic mass is 10.2. The zero-order valence-electron chi connectivity index (χ0n) is 15.5. The fourth-order valence-corrected chi connectivity index (χ4v) is 3.04. The zero-order chi connectivity index (χ0) is 18.7. The number of ether oxygens (including phenoxy) is 1. The van der Waals surface area contributed by atoms with Crippen LogP contribution in [0.1, 0.15) is 29.9 Å². The summed E-state index contributed by atoms with van der Waals surface area (Å²) in [6.45, 7) is 3.17. The van der Waals surface area contributed by atoms with Gasteiger partial charge in [-0.3, -0.25) is 9.69 Å². The van der Waals surface area contributed by atoms with E-state index < -0.39 is 5.82 Å². The average molecular weight is 360 g/mol. The van der Waals surface area contributed by atoms with E-state index in [1.165, 1.54) is 13.2 Å². The van der Waals surface area contributed by atoms with E-state index in [1.807, 2.05) is 42.0 Å². The van der Waals surface area contributed by atoms with E-state index >= 15 is 0 Å². The van der Waals surface area contributed by atoms with Crippen LogP contribution >= 0.6 is 0 Å². The molecular weight excluding hydrogens is 335 g/mol. The molecule has 0 atom stereocenters. The fraction of sp³-hybridized carbons (Fsp3) is 0.450. The van der Waals surface area contributed by atoms with Crippen molar-refractivity contribution in [2.45, 2.75) is 38.9 Å². The Morgan fingerprint density at radius 3 is 2.62 bits per heavy atom. The highest BCUT2D eigenvalue weighted by molar-refractivity contribution is 5.78. The molecule has 1 amide bonds. The standard InChI is InChI=1S/C20H25FN2O3/c1-14-4-8-17(26-14)12-23(16-6-7-16)20(24)13-22(2)11-15-5-9-19(25-3)18(21)10-15/h4-5,8-10,16H,6-7,11-13H2,1-3H3. The molecule has 1 heterocycles. The van der Waals surface area contributed by atoms with Crippen molar-refractivity contribution < 1.29 is 18.3 Å². The predicted molar refractivity (Wildman–Crippen MR) is 96.3 cm³/mol. The van der Waals surface area contributed by atoms with Crippen LogP contribution in [0.3, 0.4) is 0 Å². The van der Waals surface area contributed by atoms with Crippen LogP contribution in [-0.2, 0) is 17.9 Å². The van der Waals surface area contributed by atoms with E-state index in [9.17, 15) is 9.18 Å². The van der Waals surface area contributed by atoms with Gasteiger partial charge in [0.1, 0.15) is 11.5 Å². The van der Waals surface area contributed by atoms with Crippen LogP contribution in [0, 0.1) is 12.7 Å². The smallest absolute Gasteiger partial charge is 0.237 e. The quantitative estimate of drug-likeness (QED) is 0.724. The van der Waals surface area contributed by atoms with E-state index in [-0.39, 0.29) is 18.2 Å². The number of aryl methyl sites for hydroxylation is 1. The molecular formula is C20H25FN2O3. The molecule has 0 radical (unpaired) electrons. The number of methoxy groups -OCH3 is 1. The summed E-state index contributed by atoms with van der Waals surface area (Å²) in [5.41, 5.74) is 0.804. The van der Waals surface area contributed by atoms with Gasteiger partial charge in [0.2, 0.25) is 5.91 Å². The number of halogens is 1. The molecule has 0 saturated heterocycles. The maximum atomic E-state index is 13.8. The molecule has 1 aromatic carbocycles. The number of benzene rings is 1. The van der Waals surface area contributed by atoms with E-state index in [0.717, 1.165) is 29.9 Å². The van der Waals surface area contributed by atoms with Crippen molar-refractivity contribution in [2.24, 2.45) is 0 Å². The Kier molecular flexibility index (Phi) is 5.61. The molecule has 1 fully saturated rings.